The Balaban J connectivity index is 2.80. The minimum Gasteiger partial charge on any atom is -0.478 e. The number of carbonyl (C=O) groups is 2. The van der Waals surface area contributed by atoms with Crippen LogP contribution < -0.4 is 0 Å². The van der Waals surface area contributed by atoms with Crippen molar-refractivity contribution in [2.45, 2.75) is 13.8 Å². The number of carboxylic acid groups (broad SMARTS) is 1. The highest BCUT2D eigenvalue weighted by Gasteiger charge is 2.13. The van der Waals surface area contributed by atoms with Gasteiger partial charge in [0.1, 0.15) is 0 Å². The molecule has 0 aliphatic rings. The molecular formula is C12H15NO3S. The summed E-state index contributed by atoms with van der Waals surface area (Å²) >= 11 is 1.30. The van der Waals surface area contributed by atoms with Gasteiger partial charge in [-0.15, -0.1) is 11.3 Å². The van der Waals surface area contributed by atoms with Gasteiger partial charge in [0.25, 0.3) is 5.91 Å². The number of nitrogens with zero attached hydrogens (tertiary/aromatic N) is 1. The van der Waals surface area contributed by atoms with Crippen LogP contribution in [-0.2, 0) is 4.79 Å². The van der Waals surface area contributed by atoms with Crippen molar-refractivity contribution in [1.29, 1.82) is 0 Å². The van der Waals surface area contributed by atoms with Crippen molar-refractivity contribution >= 4 is 29.3 Å². The van der Waals surface area contributed by atoms with Gasteiger partial charge < -0.3 is 10.0 Å². The summed E-state index contributed by atoms with van der Waals surface area (Å²) in [5.74, 6) is -0.995. The van der Waals surface area contributed by atoms with Crippen LogP contribution in [0.1, 0.15) is 28.4 Å². The largest absolute Gasteiger partial charge is 0.478 e. The maximum Gasteiger partial charge on any atom is 0.328 e. The van der Waals surface area contributed by atoms with E-state index in [4.69, 9.17) is 5.11 Å². The van der Waals surface area contributed by atoms with E-state index in [9.17, 15) is 9.59 Å². The van der Waals surface area contributed by atoms with Crippen LogP contribution in [0.15, 0.2) is 18.2 Å². The molecule has 1 rings (SSSR count). The van der Waals surface area contributed by atoms with Gasteiger partial charge in [-0.1, -0.05) is 0 Å². The summed E-state index contributed by atoms with van der Waals surface area (Å²) in [5, 5.41) is 8.50. The van der Waals surface area contributed by atoms with E-state index in [0.29, 0.717) is 18.0 Å². The second-order valence-corrected chi connectivity index (χ2v) is 4.47. The van der Waals surface area contributed by atoms with Gasteiger partial charge in [0.2, 0.25) is 0 Å². The van der Waals surface area contributed by atoms with Crippen molar-refractivity contribution in [3.63, 3.8) is 0 Å². The summed E-state index contributed by atoms with van der Waals surface area (Å²) in [6.45, 7) is 5.21. The van der Waals surface area contributed by atoms with E-state index in [1.807, 2.05) is 13.8 Å². The van der Waals surface area contributed by atoms with Crippen LogP contribution in [0, 0.1) is 0 Å². The standard InChI is InChI=1S/C12H15NO3S/c1-3-13(4-2)12(16)10-7-5-9(17-10)6-8-11(14)15/h5-8H,3-4H2,1-2H3,(H,14,15)/b8-6+. The Morgan fingerprint density at radius 2 is 2.00 bits per heavy atom. The zero-order chi connectivity index (χ0) is 12.8. The van der Waals surface area contributed by atoms with E-state index in [1.54, 1.807) is 17.0 Å². The smallest absolute Gasteiger partial charge is 0.328 e. The van der Waals surface area contributed by atoms with Crippen LogP contribution in [0.25, 0.3) is 6.08 Å². The Morgan fingerprint density at radius 3 is 2.53 bits per heavy atom. The van der Waals surface area contributed by atoms with Crippen LogP contribution >= 0.6 is 11.3 Å². The summed E-state index contributed by atoms with van der Waals surface area (Å²) < 4.78 is 0. The molecule has 0 saturated heterocycles. The fourth-order valence-corrected chi connectivity index (χ4v) is 2.26. The lowest BCUT2D eigenvalue weighted by molar-refractivity contribution is -0.131. The van der Waals surface area contributed by atoms with Gasteiger partial charge in [-0.2, -0.15) is 0 Å². The van der Waals surface area contributed by atoms with Crippen molar-refractivity contribution in [1.82, 2.24) is 4.90 Å². The van der Waals surface area contributed by atoms with E-state index < -0.39 is 5.97 Å². The average Bonchev–Trinajstić information content (AvgIpc) is 2.76. The van der Waals surface area contributed by atoms with Gasteiger partial charge in [-0.25, -0.2) is 4.79 Å². The van der Waals surface area contributed by atoms with E-state index >= 15 is 0 Å². The third-order valence-electron chi connectivity index (χ3n) is 2.28. The molecule has 4 nitrogen and oxygen atoms in total. The van der Waals surface area contributed by atoms with Crippen molar-refractivity contribution < 1.29 is 14.7 Å². The first-order chi connectivity index (χ1) is 8.08. The fourth-order valence-electron chi connectivity index (χ4n) is 1.38. The highest BCUT2D eigenvalue weighted by molar-refractivity contribution is 7.14. The molecule has 1 aromatic heterocycles. The normalized spacial score (nSPS) is 10.7. The Morgan fingerprint density at radius 1 is 1.35 bits per heavy atom. The quantitative estimate of drug-likeness (QED) is 0.819. The molecule has 1 N–H and O–H groups in total. The topological polar surface area (TPSA) is 57.6 Å². The van der Waals surface area contributed by atoms with Gasteiger partial charge in [0.15, 0.2) is 0 Å². The van der Waals surface area contributed by atoms with E-state index in [0.717, 1.165) is 11.0 Å². The lowest BCUT2D eigenvalue weighted by Gasteiger charge is -2.17. The lowest BCUT2D eigenvalue weighted by atomic mass is 10.3. The van der Waals surface area contributed by atoms with E-state index in [1.165, 1.54) is 17.4 Å². The third kappa shape index (κ3) is 3.71. The minimum atomic E-state index is -0.991. The van der Waals surface area contributed by atoms with Crippen LogP contribution in [0.5, 0.6) is 0 Å². The number of carbonyl (C=O) groups excluding carboxylic acids is 1. The van der Waals surface area contributed by atoms with Gasteiger partial charge >= 0.3 is 5.97 Å². The second kappa shape index (κ2) is 6.20. The fraction of sp³-hybridized carbons (Fsp3) is 0.333. The zero-order valence-corrected chi connectivity index (χ0v) is 10.7. The Kier molecular flexibility index (Phi) is 4.90. The summed E-state index contributed by atoms with van der Waals surface area (Å²) in [4.78, 5) is 25.4. The van der Waals surface area contributed by atoms with E-state index in [2.05, 4.69) is 0 Å². The molecule has 1 amide bonds. The van der Waals surface area contributed by atoms with Crippen molar-refractivity contribution in [2.24, 2.45) is 0 Å². The molecule has 0 spiro atoms. The highest BCUT2D eigenvalue weighted by atomic mass is 32.1. The predicted octanol–water partition coefficient (Wildman–Crippen LogP) is 2.33. The summed E-state index contributed by atoms with van der Waals surface area (Å²) in [5.41, 5.74) is 0. The molecule has 92 valence electrons. The van der Waals surface area contributed by atoms with Gasteiger partial charge in [-0.3, -0.25) is 4.79 Å². The monoisotopic (exact) mass is 253 g/mol. The molecule has 0 unspecified atom stereocenters. The molecule has 0 radical (unpaired) electrons. The number of hydrogen-bond acceptors (Lipinski definition) is 3. The molecule has 0 saturated carbocycles. The molecule has 17 heavy (non-hydrogen) atoms. The van der Waals surface area contributed by atoms with Crippen molar-refractivity contribution in [2.75, 3.05) is 13.1 Å². The van der Waals surface area contributed by atoms with E-state index in [-0.39, 0.29) is 5.91 Å². The van der Waals surface area contributed by atoms with Crippen LogP contribution in [-0.4, -0.2) is 35.0 Å². The van der Waals surface area contributed by atoms with Crippen LogP contribution in [0.2, 0.25) is 0 Å². The van der Waals surface area contributed by atoms with Gasteiger partial charge in [-0.05, 0) is 32.1 Å². The Bertz CT molecular complexity index is 433. The summed E-state index contributed by atoms with van der Waals surface area (Å²) in [6, 6.07) is 3.48. The molecule has 0 aliphatic carbocycles. The SMILES string of the molecule is CCN(CC)C(=O)c1ccc(/C=C/C(=O)O)s1. The molecule has 0 bridgehead atoms. The predicted molar refractivity (Wildman–Crippen MR) is 68.2 cm³/mol. The third-order valence-corrected chi connectivity index (χ3v) is 3.32. The average molecular weight is 253 g/mol. The first kappa shape index (κ1) is 13.4. The molecule has 1 aromatic rings. The van der Waals surface area contributed by atoms with Crippen LogP contribution in [0.3, 0.4) is 0 Å². The minimum absolute atomic E-state index is 0.00465. The van der Waals surface area contributed by atoms with Crippen LogP contribution in [0.4, 0.5) is 0 Å². The summed E-state index contributed by atoms with van der Waals surface area (Å²) in [6.07, 6.45) is 2.56. The van der Waals surface area contributed by atoms with Gasteiger partial charge in [0, 0.05) is 24.0 Å². The van der Waals surface area contributed by atoms with Gasteiger partial charge in [0.05, 0.1) is 4.88 Å². The lowest BCUT2D eigenvalue weighted by Crippen LogP contribution is -2.29. The molecule has 0 aliphatic heterocycles. The number of carboxylic acids is 1. The zero-order valence-electron chi connectivity index (χ0n) is 9.84. The summed E-state index contributed by atoms with van der Waals surface area (Å²) in [7, 11) is 0. The van der Waals surface area contributed by atoms with Crippen molar-refractivity contribution in [3.05, 3.63) is 28.0 Å². The number of thiophene rings is 1. The maximum absolute atomic E-state index is 12.0. The Hall–Kier alpha value is -1.62. The molecule has 1 heterocycles. The second-order valence-electron chi connectivity index (χ2n) is 3.35. The maximum atomic E-state index is 12.0. The molecular weight excluding hydrogens is 238 g/mol. The van der Waals surface area contributed by atoms with Crippen molar-refractivity contribution in [3.8, 4) is 0 Å². The number of aliphatic carboxylic acids is 1. The Labute approximate surface area is 104 Å². The first-order valence-electron chi connectivity index (χ1n) is 5.38. The highest BCUT2D eigenvalue weighted by Crippen LogP contribution is 2.19. The molecule has 5 heteroatoms. The first-order valence-corrected chi connectivity index (χ1v) is 6.20. The molecule has 0 aromatic carbocycles. The number of amides is 1. The number of rotatable bonds is 5. The number of hydrogen-bond donors (Lipinski definition) is 1. The molecule has 0 fully saturated rings. The molecule has 0 atom stereocenters.